The lowest BCUT2D eigenvalue weighted by Gasteiger charge is -1.97. The van der Waals surface area contributed by atoms with E-state index in [9.17, 15) is 0 Å². The molecule has 0 bridgehead atoms. The Morgan fingerprint density at radius 3 is 2.70 bits per heavy atom. The first-order valence-corrected chi connectivity index (χ1v) is 4.00. The van der Waals surface area contributed by atoms with Gasteiger partial charge < -0.3 is 10.5 Å². The quantitative estimate of drug-likeness (QED) is 0.710. The van der Waals surface area contributed by atoms with Crippen molar-refractivity contribution in [2.45, 2.75) is 13.0 Å². The fourth-order valence-corrected chi connectivity index (χ4v) is 1.50. The van der Waals surface area contributed by atoms with E-state index in [1.165, 1.54) is 0 Å². The van der Waals surface area contributed by atoms with Gasteiger partial charge in [-0.25, -0.2) is 0 Å². The lowest BCUT2D eigenvalue weighted by Crippen LogP contribution is -2.01. The summed E-state index contributed by atoms with van der Waals surface area (Å²) in [5.74, 6) is 0.900. The monoisotopic (exact) mass is 157 g/mol. The van der Waals surface area contributed by atoms with Crippen LogP contribution >= 0.6 is 11.3 Å². The number of thiophene rings is 1. The van der Waals surface area contributed by atoms with Crippen LogP contribution in [0.1, 0.15) is 17.8 Å². The Hall–Kier alpha value is -0.540. The lowest BCUT2D eigenvalue weighted by atomic mass is 10.3. The molecule has 0 aromatic carbocycles. The van der Waals surface area contributed by atoms with E-state index >= 15 is 0 Å². The van der Waals surface area contributed by atoms with Gasteiger partial charge in [-0.3, -0.25) is 0 Å². The summed E-state index contributed by atoms with van der Waals surface area (Å²) in [5.41, 5.74) is 5.64. The smallest absolute Gasteiger partial charge is 0.129 e. The molecule has 3 heteroatoms. The summed E-state index contributed by atoms with van der Waals surface area (Å²) in [5, 5.41) is 1.96. The second-order valence-electron chi connectivity index (χ2n) is 2.18. The van der Waals surface area contributed by atoms with Crippen molar-refractivity contribution in [3.63, 3.8) is 0 Å². The zero-order chi connectivity index (χ0) is 7.56. The zero-order valence-corrected chi connectivity index (χ0v) is 6.94. The van der Waals surface area contributed by atoms with Crippen molar-refractivity contribution in [1.82, 2.24) is 0 Å². The van der Waals surface area contributed by atoms with E-state index < -0.39 is 0 Å². The van der Waals surface area contributed by atoms with Crippen LogP contribution < -0.4 is 10.5 Å². The van der Waals surface area contributed by atoms with E-state index in [2.05, 4.69) is 0 Å². The highest BCUT2D eigenvalue weighted by Crippen LogP contribution is 2.24. The number of rotatable bonds is 2. The minimum absolute atomic E-state index is 0.119. The maximum Gasteiger partial charge on any atom is 0.129 e. The fraction of sp³-hybridized carbons (Fsp3) is 0.429. The first kappa shape index (κ1) is 7.57. The predicted molar refractivity (Wildman–Crippen MR) is 43.5 cm³/mol. The fourth-order valence-electron chi connectivity index (χ4n) is 0.680. The molecular formula is C7H11NOS. The van der Waals surface area contributed by atoms with Crippen LogP contribution in [0, 0.1) is 0 Å². The van der Waals surface area contributed by atoms with Gasteiger partial charge in [0.2, 0.25) is 0 Å². The summed E-state index contributed by atoms with van der Waals surface area (Å²) in [6.07, 6.45) is 0. The third kappa shape index (κ3) is 1.49. The molecule has 1 aromatic rings. The van der Waals surface area contributed by atoms with E-state index in [0.29, 0.717) is 0 Å². The third-order valence-corrected chi connectivity index (χ3v) is 2.39. The van der Waals surface area contributed by atoms with Gasteiger partial charge in [0.1, 0.15) is 5.75 Å². The molecule has 1 aromatic heterocycles. The topological polar surface area (TPSA) is 35.2 Å². The minimum Gasteiger partial charge on any atom is -0.496 e. The van der Waals surface area contributed by atoms with Crippen LogP contribution in [-0.4, -0.2) is 7.11 Å². The molecule has 2 N–H and O–H groups in total. The Balaban J connectivity index is 2.78. The number of ether oxygens (including phenoxy) is 1. The highest BCUT2D eigenvalue weighted by atomic mass is 32.1. The summed E-state index contributed by atoms with van der Waals surface area (Å²) in [6.45, 7) is 1.96. The molecule has 0 aliphatic heterocycles. The molecule has 1 heterocycles. The lowest BCUT2D eigenvalue weighted by molar-refractivity contribution is 0.416. The van der Waals surface area contributed by atoms with Gasteiger partial charge in [0.25, 0.3) is 0 Å². The molecule has 1 rings (SSSR count). The van der Waals surface area contributed by atoms with Gasteiger partial charge in [-0.2, -0.15) is 0 Å². The van der Waals surface area contributed by atoms with Crippen molar-refractivity contribution < 1.29 is 4.74 Å². The van der Waals surface area contributed by atoms with Crippen LogP contribution in [0.25, 0.3) is 0 Å². The van der Waals surface area contributed by atoms with Gasteiger partial charge in [0.05, 0.1) is 7.11 Å². The summed E-state index contributed by atoms with van der Waals surface area (Å²) in [6, 6.07) is 2.09. The van der Waals surface area contributed by atoms with Crippen molar-refractivity contribution in [2.24, 2.45) is 5.73 Å². The Bertz CT molecular complexity index is 207. The van der Waals surface area contributed by atoms with E-state index in [1.807, 2.05) is 18.4 Å². The molecule has 0 saturated heterocycles. The van der Waals surface area contributed by atoms with Crippen molar-refractivity contribution in [2.75, 3.05) is 7.11 Å². The highest BCUT2D eigenvalue weighted by Gasteiger charge is 2.02. The van der Waals surface area contributed by atoms with E-state index in [-0.39, 0.29) is 6.04 Å². The Kier molecular flexibility index (Phi) is 2.29. The van der Waals surface area contributed by atoms with Gasteiger partial charge in [-0.1, -0.05) is 0 Å². The van der Waals surface area contributed by atoms with E-state index in [0.717, 1.165) is 10.6 Å². The zero-order valence-electron chi connectivity index (χ0n) is 6.13. The molecule has 0 fully saturated rings. The molecule has 2 nitrogen and oxygen atoms in total. The Morgan fingerprint density at radius 2 is 2.40 bits per heavy atom. The summed E-state index contributed by atoms with van der Waals surface area (Å²) < 4.78 is 5.00. The maximum absolute atomic E-state index is 5.64. The second-order valence-corrected chi connectivity index (χ2v) is 3.12. The number of hydrogen-bond acceptors (Lipinski definition) is 3. The third-order valence-electron chi connectivity index (χ3n) is 1.28. The molecule has 0 aliphatic carbocycles. The number of methoxy groups -OCH3 is 1. The van der Waals surface area contributed by atoms with Crippen LogP contribution in [0.4, 0.5) is 0 Å². The first-order chi connectivity index (χ1) is 4.74. The van der Waals surface area contributed by atoms with Crippen molar-refractivity contribution in [3.05, 3.63) is 16.3 Å². The summed E-state index contributed by atoms with van der Waals surface area (Å²) >= 11 is 1.63. The van der Waals surface area contributed by atoms with Crippen LogP contribution in [0.15, 0.2) is 11.4 Å². The Labute approximate surface area is 64.6 Å². The summed E-state index contributed by atoms with van der Waals surface area (Å²) in [7, 11) is 1.66. The summed E-state index contributed by atoms with van der Waals surface area (Å²) in [4.78, 5) is 1.16. The molecular weight excluding hydrogens is 146 g/mol. The van der Waals surface area contributed by atoms with E-state index in [4.69, 9.17) is 10.5 Å². The average Bonchev–Trinajstić information content (AvgIpc) is 2.34. The molecule has 0 radical (unpaired) electrons. The maximum atomic E-state index is 5.64. The molecule has 1 atom stereocenters. The van der Waals surface area contributed by atoms with Gasteiger partial charge >= 0.3 is 0 Å². The standard InChI is InChI=1S/C7H11NOS/c1-5(8)7-3-6(9-2)4-10-7/h3-5H,8H2,1-2H3. The molecule has 0 spiro atoms. The van der Waals surface area contributed by atoms with Gasteiger partial charge in [0, 0.05) is 16.3 Å². The van der Waals surface area contributed by atoms with E-state index in [1.54, 1.807) is 18.4 Å². The van der Waals surface area contributed by atoms with Crippen molar-refractivity contribution in [1.29, 1.82) is 0 Å². The van der Waals surface area contributed by atoms with Crippen LogP contribution in [0.2, 0.25) is 0 Å². The highest BCUT2D eigenvalue weighted by molar-refractivity contribution is 7.10. The van der Waals surface area contributed by atoms with Crippen LogP contribution in [0.5, 0.6) is 5.75 Å². The number of nitrogens with two attached hydrogens (primary N) is 1. The SMILES string of the molecule is COc1csc(C(C)N)c1. The van der Waals surface area contributed by atoms with Crippen molar-refractivity contribution >= 4 is 11.3 Å². The van der Waals surface area contributed by atoms with Gasteiger partial charge in [-0.05, 0) is 13.0 Å². The first-order valence-electron chi connectivity index (χ1n) is 3.12. The Morgan fingerprint density at radius 1 is 1.70 bits per heavy atom. The van der Waals surface area contributed by atoms with Gasteiger partial charge in [-0.15, -0.1) is 11.3 Å². The molecule has 1 unspecified atom stereocenters. The minimum atomic E-state index is 0.119. The molecule has 0 amide bonds. The number of hydrogen-bond donors (Lipinski definition) is 1. The predicted octanol–water partition coefficient (Wildman–Crippen LogP) is 1.78. The molecule has 0 aliphatic rings. The molecule has 10 heavy (non-hydrogen) atoms. The largest absolute Gasteiger partial charge is 0.496 e. The van der Waals surface area contributed by atoms with Crippen LogP contribution in [0.3, 0.4) is 0 Å². The van der Waals surface area contributed by atoms with Crippen LogP contribution in [-0.2, 0) is 0 Å². The van der Waals surface area contributed by atoms with Gasteiger partial charge in [0.15, 0.2) is 0 Å². The molecule has 0 saturated carbocycles. The molecule has 56 valence electrons. The van der Waals surface area contributed by atoms with Crippen molar-refractivity contribution in [3.8, 4) is 5.75 Å². The second kappa shape index (κ2) is 3.03. The average molecular weight is 157 g/mol. The normalized spacial score (nSPS) is 13.1.